The average molecular weight is 254 g/mol. The number of para-hydroxylation sites is 1. The highest BCUT2D eigenvalue weighted by atomic mass is 16.1. The largest absolute Gasteiger partial charge is 0.376 e. The summed E-state index contributed by atoms with van der Waals surface area (Å²) in [5.74, 6) is -0.0439. The molecule has 0 heterocycles. The van der Waals surface area contributed by atoms with Crippen molar-refractivity contribution in [2.24, 2.45) is 0 Å². The lowest BCUT2D eigenvalue weighted by atomic mass is 10.1. The Morgan fingerprint density at radius 2 is 1.74 bits per heavy atom. The number of aryl methyl sites for hydroxylation is 1. The molecule has 0 aromatic heterocycles. The van der Waals surface area contributed by atoms with Crippen LogP contribution in [-0.2, 0) is 4.79 Å². The van der Waals surface area contributed by atoms with E-state index in [0.717, 1.165) is 16.9 Å². The Morgan fingerprint density at radius 1 is 1.00 bits per heavy atom. The minimum Gasteiger partial charge on any atom is -0.376 e. The number of carbonyl (C=O) groups excluding carboxylic acids is 1. The van der Waals surface area contributed by atoms with Crippen molar-refractivity contribution in [3.8, 4) is 0 Å². The van der Waals surface area contributed by atoms with Gasteiger partial charge in [-0.2, -0.15) is 0 Å². The van der Waals surface area contributed by atoms with Crippen LogP contribution in [0.15, 0.2) is 48.5 Å². The molecule has 2 aromatic rings. The van der Waals surface area contributed by atoms with E-state index < -0.39 is 0 Å². The third-order valence-corrected chi connectivity index (χ3v) is 3.11. The predicted octanol–water partition coefficient (Wildman–Crippen LogP) is 3.35. The Hall–Kier alpha value is -2.29. The maximum Gasteiger partial charge on any atom is 0.243 e. The minimum atomic E-state index is -0.0439. The molecule has 0 aliphatic heterocycles. The third-order valence-electron chi connectivity index (χ3n) is 3.11. The monoisotopic (exact) mass is 254 g/mol. The van der Waals surface area contributed by atoms with E-state index in [1.807, 2.05) is 62.4 Å². The molecule has 3 nitrogen and oxygen atoms in total. The van der Waals surface area contributed by atoms with Crippen molar-refractivity contribution in [2.45, 2.75) is 13.8 Å². The fraction of sp³-hybridized carbons (Fsp3) is 0.188. The molecule has 0 atom stereocenters. The van der Waals surface area contributed by atoms with Crippen molar-refractivity contribution in [2.75, 3.05) is 17.2 Å². The van der Waals surface area contributed by atoms with Crippen molar-refractivity contribution in [3.63, 3.8) is 0 Å². The van der Waals surface area contributed by atoms with Gasteiger partial charge in [0.05, 0.1) is 6.54 Å². The summed E-state index contributed by atoms with van der Waals surface area (Å²) in [5, 5.41) is 6.01. The van der Waals surface area contributed by atoms with Gasteiger partial charge in [-0.15, -0.1) is 0 Å². The van der Waals surface area contributed by atoms with Gasteiger partial charge in [0.25, 0.3) is 0 Å². The molecule has 0 saturated carbocycles. The number of benzene rings is 2. The lowest BCUT2D eigenvalue weighted by Gasteiger charge is -2.11. The summed E-state index contributed by atoms with van der Waals surface area (Å²) in [6.07, 6.45) is 0. The summed E-state index contributed by atoms with van der Waals surface area (Å²) < 4.78 is 0. The SMILES string of the molecule is Cc1cccc(NC(=O)CNc2ccccc2)c1C. The molecular formula is C16H18N2O. The zero-order valence-corrected chi connectivity index (χ0v) is 11.2. The molecule has 2 N–H and O–H groups in total. The summed E-state index contributed by atoms with van der Waals surface area (Å²) in [6, 6.07) is 15.6. The molecule has 0 spiro atoms. The molecule has 0 aliphatic carbocycles. The highest BCUT2D eigenvalue weighted by molar-refractivity contribution is 5.94. The molecule has 0 saturated heterocycles. The van der Waals surface area contributed by atoms with E-state index in [1.54, 1.807) is 0 Å². The average Bonchev–Trinajstić information content (AvgIpc) is 2.43. The molecule has 1 amide bonds. The molecule has 0 radical (unpaired) electrons. The van der Waals surface area contributed by atoms with Gasteiger partial charge in [0.2, 0.25) is 5.91 Å². The maximum atomic E-state index is 11.9. The second-order valence-electron chi connectivity index (χ2n) is 4.52. The van der Waals surface area contributed by atoms with Crippen LogP contribution in [0.1, 0.15) is 11.1 Å². The zero-order chi connectivity index (χ0) is 13.7. The van der Waals surface area contributed by atoms with Gasteiger partial charge in [0, 0.05) is 11.4 Å². The van der Waals surface area contributed by atoms with Gasteiger partial charge in [-0.05, 0) is 43.2 Å². The first kappa shape index (κ1) is 13.1. The molecule has 98 valence electrons. The van der Waals surface area contributed by atoms with Gasteiger partial charge in [-0.1, -0.05) is 30.3 Å². The second-order valence-corrected chi connectivity index (χ2v) is 4.52. The molecular weight excluding hydrogens is 236 g/mol. The van der Waals surface area contributed by atoms with Crippen LogP contribution < -0.4 is 10.6 Å². The number of hydrogen-bond donors (Lipinski definition) is 2. The lowest BCUT2D eigenvalue weighted by molar-refractivity contribution is -0.114. The summed E-state index contributed by atoms with van der Waals surface area (Å²) >= 11 is 0. The summed E-state index contributed by atoms with van der Waals surface area (Å²) in [7, 11) is 0. The van der Waals surface area contributed by atoms with Gasteiger partial charge < -0.3 is 10.6 Å². The molecule has 2 aromatic carbocycles. The van der Waals surface area contributed by atoms with Crippen molar-refractivity contribution < 1.29 is 4.79 Å². The van der Waals surface area contributed by atoms with Crippen LogP contribution >= 0.6 is 0 Å². The smallest absolute Gasteiger partial charge is 0.243 e. The van der Waals surface area contributed by atoms with E-state index in [-0.39, 0.29) is 12.5 Å². The summed E-state index contributed by atoms with van der Waals surface area (Å²) in [4.78, 5) is 11.9. The van der Waals surface area contributed by atoms with E-state index in [9.17, 15) is 4.79 Å². The number of rotatable bonds is 4. The molecule has 3 heteroatoms. The molecule has 2 rings (SSSR count). The van der Waals surface area contributed by atoms with Crippen molar-refractivity contribution in [1.29, 1.82) is 0 Å². The Balaban J connectivity index is 1.93. The van der Waals surface area contributed by atoms with Gasteiger partial charge in [-0.25, -0.2) is 0 Å². The normalized spacial score (nSPS) is 10.0. The van der Waals surface area contributed by atoms with Gasteiger partial charge >= 0.3 is 0 Å². The van der Waals surface area contributed by atoms with Crippen molar-refractivity contribution >= 4 is 17.3 Å². The number of anilines is 2. The molecule has 0 aliphatic rings. The topological polar surface area (TPSA) is 41.1 Å². The van der Waals surface area contributed by atoms with E-state index in [1.165, 1.54) is 5.56 Å². The number of hydrogen-bond acceptors (Lipinski definition) is 2. The highest BCUT2D eigenvalue weighted by Crippen LogP contribution is 2.17. The number of amides is 1. The van der Waals surface area contributed by atoms with Crippen LogP contribution in [-0.4, -0.2) is 12.5 Å². The van der Waals surface area contributed by atoms with Gasteiger partial charge in [0.1, 0.15) is 0 Å². The van der Waals surface area contributed by atoms with Gasteiger partial charge in [-0.3, -0.25) is 4.79 Å². The second kappa shape index (κ2) is 6.05. The first-order valence-electron chi connectivity index (χ1n) is 6.32. The molecule has 0 unspecified atom stereocenters. The zero-order valence-electron chi connectivity index (χ0n) is 11.2. The van der Waals surface area contributed by atoms with E-state index in [2.05, 4.69) is 10.6 Å². The quantitative estimate of drug-likeness (QED) is 0.878. The van der Waals surface area contributed by atoms with Gasteiger partial charge in [0.15, 0.2) is 0 Å². The van der Waals surface area contributed by atoms with Crippen LogP contribution in [0.2, 0.25) is 0 Å². The summed E-state index contributed by atoms with van der Waals surface area (Å²) in [5.41, 5.74) is 4.10. The fourth-order valence-electron chi connectivity index (χ4n) is 1.82. The Morgan fingerprint density at radius 3 is 2.47 bits per heavy atom. The number of carbonyl (C=O) groups is 1. The molecule has 0 bridgehead atoms. The van der Waals surface area contributed by atoms with Crippen LogP contribution in [0.5, 0.6) is 0 Å². The molecule has 0 fully saturated rings. The van der Waals surface area contributed by atoms with Crippen LogP contribution in [0, 0.1) is 13.8 Å². The highest BCUT2D eigenvalue weighted by Gasteiger charge is 2.05. The van der Waals surface area contributed by atoms with E-state index in [4.69, 9.17) is 0 Å². The van der Waals surface area contributed by atoms with Crippen LogP contribution in [0.25, 0.3) is 0 Å². The standard InChI is InChI=1S/C16H18N2O/c1-12-7-6-10-15(13(12)2)18-16(19)11-17-14-8-4-3-5-9-14/h3-10,17H,11H2,1-2H3,(H,18,19). The van der Waals surface area contributed by atoms with Crippen molar-refractivity contribution in [3.05, 3.63) is 59.7 Å². The maximum absolute atomic E-state index is 11.9. The lowest BCUT2D eigenvalue weighted by Crippen LogP contribution is -2.22. The van der Waals surface area contributed by atoms with Crippen LogP contribution in [0.3, 0.4) is 0 Å². The first-order chi connectivity index (χ1) is 9.16. The predicted molar refractivity (Wildman–Crippen MR) is 79.5 cm³/mol. The Kier molecular flexibility index (Phi) is 4.18. The van der Waals surface area contributed by atoms with Crippen LogP contribution in [0.4, 0.5) is 11.4 Å². The Bertz CT molecular complexity index is 564. The molecule has 19 heavy (non-hydrogen) atoms. The minimum absolute atomic E-state index is 0.0439. The Labute approximate surface area is 113 Å². The van der Waals surface area contributed by atoms with Crippen molar-refractivity contribution in [1.82, 2.24) is 0 Å². The number of nitrogens with one attached hydrogen (secondary N) is 2. The van der Waals surface area contributed by atoms with E-state index >= 15 is 0 Å². The third kappa shape index (κ3) is 3.58. The fourth-order valence-corrected chi connectivity index (χ4v) is 1.82. The first-order valence-corrected chi connectivity index (χ1v) is 6.32. The van der Waals surface area contributed by atoms with E-state index in [0.29, 0.717) is 0 Å². The summed E-state index contributed by atoms with van der Waals surface area (Å²) in [6.45, 7) is 4.31.